The molecule has 0 spiro atoms. The summed E-state index contributed by atoms with van der Waals surface area (Å²) in [6, 6.07) is 1.35. The molecule has 1 aromatic heterocycles. The molecule has 1 amide bonds. The standard InChI is InChI=1S/C17H27ClN4O2/c1-3-4-7-22-8-5-12(6-9-22)11-20-16(23)13-10-14(18)15(19)21(2)17(13)24/h10,12H,3-9,11,19H2,1-2H3,(H,20,23). The van der Waals surface area contributed by atoms with E-state index in [1.54, 1.807) is 0 Å². The van der Waals surface area contributed by atoms with Gasteiger partial charge in [-0.05, 0) is 50.9 Å². The van der Waals surface area contributed by atoms with Gasteiger partial charge in [-0.15, -0.1) is 0 Å². The van der Waals surface area contributed by atoms with Gasteiger partial charge in [0, 0.05) is 13.6 Å². The molecule has 7 heteroatoms. The number of nitrogens with two attached hydrogens (primary N) is 1. The first kappa shape index (κ1) is 18.8. The van der Waals surface area contributed by atoms with Crippen molar-refractivity contribution in [2.24, 2.45) is 13.0 Å². The number of rotatable bonds is 6. The van der Waals surface area contributed by atoms with E-state index in [2.05, 4.69) is 17.1 Å². The Morgan fingerprint density at radius 2 is 2.08 bits per heavy atom. The highest BCUT2D eigenvalue weighted by atomic mass is 35.5. The van der Waals surface area contributed by atoms with Gasteiger partial charge in [-0.3, -0.25) is 14.2 Å². The maximum absolute atomic E-state index is 12.3. The molecule has 0 atom stereocenters. The highest BCUT2D eigenvalue weighted by Gasteiger charge is 2.21. The number of aromatic nitrogens is 1. The van der Waals surface area contributed by atoms with E-state index >= 15 is 0 Å². The number of nitrogen functional groups attached to an aromatic ring is 1. The molecule has 0 saturated carbocycles. The zero-order valence-corrected chi connectivity index (χ0v) is 15.2. The number of amides is 1. The number of piperidine rings is 1. The molecule has 24 heavy (non-hydrogen) atoms. The first-order valence-electron chi connectivity index (χ1n) is 8.59. The lowest BCUT2D eigenvalue weighted by Crippen LogP contribution is -2.40. The van der Waals surface area contributed by atoms with Crippen molar-refractivity contribution in [3.05, 3.63) is 27.0 Å². The molecule has 0 aliphatic carbocycles. The summed E-state index contributed by atoms with van der Waals surface area (Å²) in [6.45, 7) is 6.11. The fraction of sp³-hybridized carbons (Fsp3) is 0.647. The summed E-state index contributed by atoms with van der Waals surface area (Å²) in [5.41, 5.74) is 5.30. The number of likely N-dealkylation sites (tertiary alicyclic amines) is 1. The van der Waals surface area contributed by atoms with Gasteiger partial charge in [-0.1, -0.05) is 24.9 Å². The second-order valence-corrected chi connectivity index (χ2v) is 6.91. The van der Waals surface area contributed by atoms with Crippen molar-refractivity contribution in [2.45, 2.75) is 32.6 Å². The van der Waals surface area contributed by atoms with Gasteiger partial charge in [-0.25, -0.2) is 0 Å². The second kappa shape index (κ2) is 8.53. The lowest BCUT2D eigenvalue weighted by atomic mass is 9.96. The van der Waals surface area contributed by atoms with E-state index < -0.39 is 5.56 Å². The number of unbranched alkanes of at least 4 members (excludes halogenated alkanes) is 1. The summed E-state index contributed by atoms with van der Waals surface area (Å²) < 4.78 is 1.20. The topological polar surface area (TPSA) is 80.4 Å². The van der Waals surface area contributed by atoms with Crippen LogP contribution in [-0.2, 0) is 7.05 Å². The van der Waals surface area contributed by atoms with Crippen LogP contribution in [0, 0.1) is 5.92 Å². The number of nitrogens with one attached hydrogen (secondary N) is 1. The minimum absolute atomic E-state index is 0.0390. The number of anilines is 1. The van der Waals surface area contributed by atoms with Crippen molar-refractivity contribution in [2.75, 3.05) is 31.9 Å². The zero-order chi connectivity index (χ0) is 17.7. The van der Waals surface area contributed by atoms with Crippen LogP contribution in [0.15, 0.2) is 10.9 Å². The summed E-state index contributed by atoms with van der Waals surface area (Å²) in [4.78, 5) is 26.9. The van der Waals surface area contributed by atoms with E-state index in [0.717, 1.165) is 32.5 Å². The van der Waals surface area contributed by atoms with Crippen molar-refractivity contribution in [3.8, 4) is 0 Å². The van der Waals surface area contributed by atoms with Crippen molar-refractivity contribution in [1.29, 1.82) is 0 Å². The molecule has 1 fully saturated rings. The quantitative estimate of drug-likeness (QED) is 0.817. The number of hydrogen-bond donors (Lipinski definition) is 2. The molecule has 0 aromatic carbocycles. The largest absolute Gasteiger partial charge is 0.384 e. The molecule has 3 N–H and O–H groups in total. The minimum atomic E-state index is -0.427. The zero-order valence-electron chi connectivity index (χ0n) is 14.5. The van der Waals surface area contributed by atoms with Crippen LogP contribution in [0.5, 0.6) is 0 Å². The molecule has 1 aliphatic heterocycles. The molecule has 1 aliphatic rings. The normalized spacial score (nSPS) is 16.3. The first-order chi connectivity index (χ1) is 11.4. The predicted octanol–water partition coefficient (Wildman–Crippen LogP) is 1.86. The fourth-order valence-corrected chi connectivity index (χ4v) is 3.24. The summed E-state index contributed by atoms with van der Waals surface area (Å²) in [5.74, 6) is 0.239. The van der Waals surface area contributed by atoms with Crippen molar-refractivity contribution >= 4 is 23.3 Å². The van der Waals surface area contributed by atoms with Gasteiger partial charge < -0.3 is 16.0 Å². The smallest absolute Gasteiger partial charge is 0.264 e. The number of hydrogen-bond acceptors (Lipinski definition) is 4. The van der Waals surface area contributed by atoms with E-state index in [1.807, 2.05) is 0 Å². The number of carbonyl (C=O) groups is 1. The highest BCUT2D eigenvalue weighted by molar-refractivity contribution is 6.33. The van der Waals surface area contributed by atoms with Gasteiger partial charge in [0.1, 0.15) is 11.4 Å². The number of pyridine rings is 1. The molecule has 1 saturated heterocycles. The fourth-order valence-electron chi connectivity index (χ4n) is 3.00. The Morgan fingerprint density at radius 3 is 2.71 bits per heavy atom. The van der Waals surface area contributed by atoms with Crippen LogP contribution in [0.4, 0.5) is 5.82 Å². The molecule has 0 bridgehead atoms. The Kier molecular flexibility index (Phi) is 6.69. The minimum Gasteiger partial charge on any atom is -0.384 e. The Hall–Kier alpha value is -1.53. The maximum Gasteiger partial charge on any atom is 0.264 e. The van der Waals surface area contributed by atoms with Crippen LogP contribution in [0.25, 0.3) is 0 Å². The Bertz CT molecular complexity index is 636. The Labute approximate surface area is 148 Å². The van der Waals surface area contributed by atoms with Crippen molar-refractivity contribution in [3.63, 3.8) is 0 Å². The maximum atomic E-state index is 12.3. The summed E-state index contributed by atoms with van der Waals surface area (Å²) in [7, 11) is 1.51. The Morgan fingerprint density at radius 1 is 1.42 bits per heavy atom. The molecule has 2 heterocycles. The van der Waals surface area contributed by atoms with Crippen LogP contribution in [0.3, 0.4) is 0 Å². The van der Waals surface area contributed by atoms with Crippen LogP contribution >= 0.6 is 11.6 Å². The lowest BCUT2D eigenvalue weighted by Gasteiger charge is -2.31. The third kappa shape index (κ3) is 4.51. The van der Waals surface area contributed by atoms with Gasteiger partial charge >= 0.3 is 0 Å². The van der Waals surface area contributed by atoms with Gasteiger partial charge in [0.2, 0.25) is 0 Å². The molecular weight excluding hydrogens is 328 g/mol. The van der Waals surface area contributed by atoms with Crippen molar-refractivity contribution < 1.29 is 4.79 Å². The highest BCUT2D eigenvalue weighted by Crippen LogP contribution is 2.18. The number of carbonyl (C=O) groups excluding carboxylic acids is 1. The first-order valence-corrected chi connectivity index (χ1v) is 8.97. The van der Waals surface area contributed by atoms with Gasteiger partial charge in [-0.2, -0.15) is 0 Å². The SMILES string of the molecule is CCCCN1CCC(CNC(=O)c2cc(Cl)c(N)n(C)c2=O)CC1. The molecule has 1 aromatic rings. The van der Waals surface area contributed by atoms with Crippen LogP contribution in [0.1, 0.15) is 43.0 Å². The molecule has 2 rings (SSSR count). The third-order valence-corrected chi connectivity index (χ3v) is 5.05. The summed E-state index contributed by atoms with van der Waals surface area (Å²) in [5, 5.41) is 3.09. The molecule has 134 valence electrons. The lowest BCUT2D eigenvalue weighted by molar-refractivity contribution is 0.0934. The van der Waals surface area contributed by atoms with Crippen LogP contribution < -0.4 is 16.6 Å². The second-order valence-electron chi connectivity index (χ2n) is 6.50. The van der Waals surface area contributed by atoms with Gasteiger partial charge in [0.25, 0.3) is 11.5 Å². The molecule has 0 unspecified atom stereocenters. The predicted molar refractivity (Wildman–Crippen MR) is 97.5 cm³/mol. The van der Waals surface area contributed by atoms with E-state index in [0.29, 0.717) is 12.5 Å². The molecular formula is C17H27ClN4O2. The number of halogens is 1. The van der Waals surface area contributed by atoms with E-state index in [1.165, 1.54) is 30.5 Å². The summed E-state index contributed by atoms with van der Waals surface area (Å²) in [6.07, 6.45) is 4.60. The molecule has 6 nitrogen and oxygen atoms in total. The summed E-state index contributed by atoms with van der Waals surface area (Å²) >= 11 is 5.97. The monoisotopic (exact) mass is 354 g/mol. The molecule has 0 radical (unpaired) electrons. The van der Waals surface area contributed by atoms with E-state index in [9.17, 15) is 9.59 Å². The average Bonchev–Trinajstić information content (AvgIpc) is 2.60. The Balaban J connectivity index is 1.88. The van der Waals surface area contributed by atoms with Gasteiger partial charge in [0.15, 0.2) is 0 Å². The van der Waals surface area contributed by atoms with Crippen LogP contribution in [-0.4, -0.2) is 41.6 Å². The van der Waals surface area contributed by atoms with Gasteiger partial charge in [0.05, 0.1) is 5.02 Å². The van der Waals surface area contributed by atoms with E-state index in [4.69, 9.17) is 17.3 Å². The van der Waals surface area contributed by atoms with Crippen molar-refractivity contribution in [1.82, 2.24) is 14.8 Å². The third-order valence-electron chi connectivity index (χ3n) is 4.74. The average molecular weight is 355 g/mol. The van der Waals surface area contributed by atoms with Crippen LogP contribution in [0.2, 0.25) is 5.02 Å². The number of nitrogens with zero attached hydrogens (tertiary/aromatic N) is 2. The van der Waals surface area contributed by atoms with E-state index in [-0.39, 0.29) is 22.3 Å².